The number of esters is 3. The zero-order valence-electron chi connectivity index (χ0n) is 50.4. The van der Waals surface area contributed by atoms with E-state index in [1.54, 1.807) is 0 Å². The summed E-state index contributed by atoms with van der Waals surface area (Å²) >= 11 is 0. The molecule has 6 nitrogen and oxygen atoms in total. The van der Waals surface area contributed by atoms with Crippen LogP contribution in [0.15, 0.2) is 0 Å². The third-order valence-electron chi connectivity index (χ3n) is 15.8. The molecule has 73 heavy (non-hydrogen) atoms. The fourth-order valence-corrected chi connectivity index (χ4v) is 10.4. The lowest BCUT2D eigenvalue weighted by atomic mass is 9.99. The Hall–Kier alpha value is -1.59. The van der Waals surface area contributed by atoms with Crippen molar-refractivity contribution in [2.45, 2.75) is 382 Å². The molecule has 2 atom stereocenters. The number of hydrogen-bond acceptors (Lipinski definition) is 6. The van der Waals surface area contributed by atoms with Crippen molar-refractivity contribution in [1.82, 2.24) is 0 Å². The molecule has 0 aliphatic rings. The molecule has 1 unspecified atom stereocenters. The van der Waals surface area contributed by atoms with Crippen LogP contribution in [0, 0.1) is 17.8 Å². The van der Waals surface area contributed by atoms with Crippen molar-refractivity contribution in [2.75, 3.05) is 13.2 Å². The van der Waals surface area contributed by atoms with Gasteiger partial charge in [-0.3, -0.25) is 14.4 Å². The molecular formula is C67H130O6. The third-order valence-corrected chi connectivity index (χ3v) is 15.8. The van der Waals surface area contributed by atoms with Gasteiger partial charge in [0.25, 0.3) is 0 Å². The Labute approximate surface area is 457 Å². The molecular weight excluding hydrogens is 901 g/mol. The van der Waals surface area contributed by atoms with Gasteiger partial charge in [0, 0.05) is 19.3 Å². The highest BCUT2D eigenvalue weighted by atomic mass is 16.6. The molecule has 0 spiro atoms. The van der Waals surface area contributed by atoms with Crippen LogP contribution in [0.3, 0.4) is 0 Å². The predicted octanol–water partition coefficient (Wildman–Crippen LogP) is 22.2. The van der Waals surface area contributed by atoms with E-state index in [2.05, 4.69) is 41.5 Å². The first kappa shape index (κ1) is 71.4. The molecule has 0 aliphatic heterocycles. The summed E-state index contributed by atoms with van der Waals surface area (Å²) in [5.74, 6) is 1.75. The highest BCUT2D eigenvalue weighted by Gasteiger charge is 2.20. The van der Waals surface area contributed by atoms with Crippen molar-refractivity contribution in [1.29, 1.82) is 0 Å². The fraction of sp³-hybridized carbons (Fsp3) is 0.955. The number of carbonyl (C=O) groups excluding carboxylic acids is 3. The molecule has 0 radical (unpaired) electrons. The topological polar surface area (TPSA) is 78.9 Å². The van der Waals surface area contributed by atoms with Crippen molar-refractivity contribution >= 4 is 17.9 Å². The minimum absolute atomic E-state index is 0.0624. The fourth-order valence-electron chi connectivity index (χ4n) is 10.4. The zero-order chi connectivity index (χ0) is 53.3. The van der Waals surface area contributed by atoms with E-state index in [1.807, 2.05) is 0 Å². The molecule has 0 aromatic carbocycles. The Balaban J connectivity index is 4.25. The number of hydrogen-bond donors (Lipinski definition) is 0. The highest BCUT2D eigenvalue weighted by molar-refractivity contribution is 5.71. The van der Waals surface area contributed by atoms with Gasteiger partial charge in [-0.15, -0.1) is 0 Å². The first-order chi connectivity index (χ1) is 35.6. The number of unbranched alkanes of at least 4 members (excludes halogenated alkanes) is 42. The van der Waals surface area contributed by atoms with Crippen molar-refractivity contribution in [2.24, 2.45) is 17.8 Å². The third kappa shape index (κ3) is 59.5. The largest absolute Gasteiger partial charge is 0.462 e. The van der Waals surface area contributed by atoms with E-state index in [4.69, 9.17) is 14.2 Å². The van der Waals surface area contributed by atoms with Gasteiger partial charge in [0.15, 0.2) is 6.10 Å². The normalized spacial score (nSPS) is 12.5. The van der Waals surface area contributed by atoms with Crippen LogP contribution in [-0.2, 0) is 28.6 Å². The standard InChI is InChI=1S/C67H130O6/c1-7-63(6)55-49-43-37-31-25-19-15-10-8-9-11-16-20-26-32-38-44-50-56-65(68)71-59-64(60-72-66(69)57-51-45-39-33-28-22-24-30-36-42-48-54-62(4)5)73-67(70)58-52-46-40-34-27-21-17-13-12-14-18-23-29-35-41-47-53-61(2)3/h61-64H,7-60H2,1-6H3/t63?,64-/m0/s1. The van der Waals surface area contributed by atoms with Gasteiger partial charge in [-0.2, -0.15) is 0 Å². The second-order valence-corrected chi connectivity index (χ2v) is 24.3. The summed E-state index contributed by atoms with van der Waals surface area (Å²) < 4.78 is 17.0. The second-order valence-electron chi connectivity index (χ2n) is 24.3. The maximum absolute atomic E-state index is 12.9. The van der Waals surface area contributed by atoms with E-state index in [9.17, 15) is 14.4 Å². The minimum atomic E-state index is -0.765. The van der Waals surface area contributed by atoms with Gasteiger partial charge in [-0.05, 0) is 37.0 Å². The Morgan fingerprint density at radius 1 is 0.274 bits per heavy atom. The molecule has 6 heteroatoms. The smallest absolute Gasteiger partial charge is 0.306 e. The summed E-state index contributed by atoms with van der Waals surface area (Å²) in [7, 11) is 0. The number of carbonyl (C=O) groups is 3. The molecule has 0 aliphatic carbocycles. The molecule has 0 fully saturated rings. The van der Waals surface area contributed by atoms with Gasteiger partial charge >= 0.3 is 17.9 Å². The number of ether oxygens (including phenoxy) is 3. The van der Waals surface area contributed by atoms with Crippen LogP contribution in [0.1, 0.15) is 375 Å². The number of rotatable bonds is 60. The molecule has 0 bridgehead atoms. The van der Waals surface area contributed by atoms with Crippen molar-refractivity contribution < 1.29 is 28.6 Å². The Bertz CT molecular complexity index is 1130. The summed E-state index contributed by atoms with van der Waals surface area (Å²) in [5.41, 5.74) is 0. The van der Waals surface area contributed by atoms with Gasteiger partial charge < -0.3 is 14.2 Å². The molecule has 0 heterocycles. The van der Waals surface area contributed by atoms with E-state index in [0.717, 1.165) is 75.5 Å². The maximum Gasteiger partial charge on any atom is 0.306 e. The molecule has 0 rings (SSSR count). The Morgan fingerprint density at radius 2 is 0.479 bits per heavy atom. The van der Waals surface area contributed by atoms with Crippen molar-refractivity contribution in [3.63, 3.8) is 0 Å². The van der Waals surface area contributed by atoms with Crippen LogP contribution in [0.25, 0.3) is 0 Å². The SMILES string of the molecule is CCC(C)CCCCCCCCCCCCCCCCCCCCC(=O)OC[C@@H](COC(=O)CCCCCCCCCCCCCC(C)C)OC(=O)CCCCCCCCCCCCCCCCCCC(C)C. The zero-order valence-corrected chi connectivity index (χ0v) is 50.4. The van der Waals surface area contributed by atoms with Crippen LogP contribution in [-0.4, -0.2) is 37.2 Å². The van der Waals surface area contributed by atoms with Gasteiger partial charge in [-0.1, -0.05) is 337 Å². The predicted molar refractivity (Wildman–Crippen MR) is 316 cm³/mol. The molecule has 0 saturated carbocycles. The van der Waals surface area contributed by atoms with Crippen LogP contribution >= 0.6 is 0 Å². The van der Waals surface area contributed by atoms with E-state index in [1.165, 1.54) is 257 Å². The van der Waals surface area contributed by atoms with Gasteiger partial charge in [0.1, 0.15) is 13.2 Å². The van der Waals surface area contributed by atoms with Crippen molar-refractivity contribution in [3.8, 4) is 0 Å². The molecule has 0 aromatic heterocycles. The van der Waals surface area contributed by atoms with Crippen LogP contribution in [0.4, 0.5) is 0 Å². The first-order valence-electron chi connectivity index (χ1n) is 33.1. The molecule has 434 valence electrons. The van der Waals surface area contributed by atoms with Crippen LogP contribution in [0.2, 0.25) is 0 Å². The molecule has 0 amide bonds. The van der Waals surface area contributed by atoms with Crippen LogP contribution < -0.4 is 0 Å². The average molecular weight is 1030 g/mol. The molecule has 0 N–H and O–H groups in total. The highest BCUT2D eigenvalue weighted by Crippen LogP contribution is 2.20. The summed E-state index contributed by atoms with van der Waals surface area (Å²) in [5, 5.41) is 0. The van der Waals surface area contributed by atoms with Gasteiger partial charge in [0.05, 0.1) is 0 Å². The summed E-state index contributed by atoms with van der Waals surface area (Å²) in [6.45, 7) is 13.9. The van der Waals surface area contributed by atoms with E-state index in [-0.39, 0.29) is 31.1 Å². The first-order valence-corrected chi connectivity index (χ1v) is 33.1. The minimum Gasteiger partial charge on any atom is -0.462 e. The molecule has 0 aromatic rings. The second kappa shape index (κ2) is 58.1. The van der Waals surface area contributed by atoms with E-state index >= 15 is 0 Å². The maximum atomic E-state index is 12.9. The summed E-state index contributed by atoms with van der Waals surface area (Å²) in [4.78, 5) is 38.3. The van der Waals surface area contributed by atoms with Gasteiger partial charge in [0.2, 0.25) is 0 Å². The Kier molecular flexibility index (Phi) is 56.8. The lowest BCUT2D eigenvalue weighted by Crippen LogP contribution is -2.30. The quantitative estimate of drug-likeness (QED) is 0.0343. The summed E-state index contributed by atoms with van der Waals surface area (Å²) in [6.07, 6.45) is 63.9. The Morgan fingerprint density at radius 3 is 0.712 bits per heavy atom. The molecule has 0 saturated heterocycles. The van der Waals surface area contributed by atoms with Crippen molar-refractivity contribution in [3.05, 3.63) is 0 Å². The van der Waals surface area contributed by atoms with E-state index < -0.39 is 6.10 Å². The lowest BCUT2D eigenvalue weighted by molar-refractivity contribution is -0.167. The average Bonchev–Trinajstić information content (AvgIpc) is 3.37. The summed E-state index contributed by atoms with van der Waals surface area (Å²) in [6, 6.07) is 0. The monoisotopic (exact) mass is 1030 g/mol. The van der Waals surface area contributed by atoms with Crippen LogP contribution in [0.5, 0.6) is 0 Å². The van der Waals surface area contributed by atoms with E-state index in [0.29, 0.717) is 19.3 Å². The van der Waals surface area contributed by atoms with Gasteiger partial charge in [-0.25, -0.2) is 0 Å². The lowest BCUT2D eigenvalue weighted by Gasteiger charge is -2.18.